The first-order chi connectivity index (χ1) is 9.56. The van der Waals surface area contributed by atoms with Gasteiger partial charge in [0, 0.05) is 6.42 Å². The molecule has 3 rings (SSSR count). The minimum Gasteiger partial charge on any atom is -0.488 e. The molecule has 0 bridgehead atoms. The number of aromatic amines is 1. The lowest BCUT2D eigenvalue weighted by molar-refractivity contribution is 0.204. The van der Waals surface area contributed by atoms with Crippen molar-refractivity contribution in [3.8, 4) is 5.75 Å². The van der Waals surface area contributed by atoms with Gasteiger partial charge in [-0.15, -0.1) is 0 Å². The maximum atomic E-state index is 13.4. The summed E-state index contributed by atoms with van der Waals surface area (Å²) in [4.78, 5) is 25.5. The largest absolute Gasteiger partial charge is 0.488 e. The minimum absolute atomic E-state index is 0.0308. The van der Waals surface area contributed by atoms with Gasteiger partial charge in [-0.2, -0.15) is 4.39 Å². The Bertz CT molecular complexity index is 759. The maximum Gasteiger partial charge on any atom is 0.329 e. The van der Waals surface area contributed by atoms with Crippen LogP contribution < -0.4 is 16.0 Å². The van der Waals surface area contributed by atoms with Gasteiger partial charge >= 0.3 is 5.69 Å². The number of H-pyrrole nitrogens is 1. The number of nitrogens with zero attached hydrogens (tertiary/aromatic N) is 1. The molecule has 0 radical (unpaired) electrons. The highest BCUT2D eigenvalue weighted by Crippen LogP contribution is 2.28. The molecule has 0 fully saturated rings. The summed E-state index contributed by atoms with van der Waals surface area (Å²) >= 11 is 5.41. The molecule has 104 valence electrons. The third-order valence-corrected chi connectivity index (χ3v) is 3.45. The highest BCUT2D eigenvalue weighted by Gasteiger charge is 2.24. The zero-order chi connectivity index (χ0) is 14.3. The molecule has 2 aromatic rings. The van der Waals surface area contributed by atoms with Crippen LogP contribution in [0.5, 0.6) is 5.75 Å². The van der Waals surface area contributed by atoms with E-state index >= 15 is 0 Å². The van der Waals surface area contributed by atoms with Gasteiger partial charge in [0.15, 0.2) is 5.15 Å². The Kier molecular flexibility index (Phi) is 3.10. The fourth-order valence-corrected chi connectivity index (χ4v) is 2.41. The molecule has 5 nitrogen and oxygen atoms in total. The van der Waals surface area contributed by atoms with Crippen LogP contribution in [-0.4, -0.2) is 15.7 Å². The first-order valence-electron chi connectivity index (χ1n) is 5.99. The lowest BCUT2D eigenvalue weighted by atomic mass is 10.1. The second-order valence-corrected chi connectivity index (χ2v) is 4.90. The van der Waals surface area contributed by atoms with Gasteiger partial charge in [-0.3, -0.25) is 14.3 Å². The minimum atomic E-state index is -1.17. The highest BCUT2D eigenvalue weighted by atomic mass is 35.5. The van der Waals surface area contributed by atoms with Crippen LogP contribution in [0.2, 0.25) is 5.15 Å². The van der Waals surface area contributed by atoms with Crippen LogP contribution >= 0.6 is 11.6 Å². The summed E-state index contributed by atoms with van der Waals surface area (Å²) in [6, 6.07) is 7.43. The number of benzene rings is 1. The van der Waals surface area contributed by atoms with Crippen LogP contribution in [0.1, 0.15) is 5.56 Å². The van der Waals surface area contributed by atoms with Crippen LogP contribution in [0.4, 0.5) is 4.39 Å². The second-order valence-electron chi connectivity index (χ2n) is 4.53. The van der Waals surface area contributed by atoms with Crippen molar-refractivity contribution in [3.63, 3.8) is 0 Å². The molecule has 0 saturated carbocycles. The average Bonchev–Trinajstić information content (AvgIpc) is 2.83. The summed E-state index contributed by atoms with van der Waals surface area (Å²) in [7, 11) is 0. The number of para-hydroxylation sites is 1. The summed E-state index contributed by atoms with van der Waals surface area (Å²) in [6.07, 6.45) is 0.179. The smallest absolute Gasteiger partial charge is 0.329 e. The fraction of sp³-hybridized carbons (Fsp3) is 0.231. The van der Waals surface area contributed by atoms with E-state index in [0.29, 0.717) is 6.42 Å². The molecule has 1 aromatic carbocycles. The zero-order valence-electron chi connectivity index (χ0n) is 10.2. The van der Waals surface area contributed by atoms with Crippen LogP contribution in [-0.2, 0) is 13.0 Å². The van der Waals surface area contributed by atoms with E-state index in [4.69, 9.17) is 16.3 Å². The van der Waals surface area contributed by atoms with E-state index in [1.807, 2.05) is 24.3 Å². The van der Waals surface area contributed by atoms with Gasteiger partial charge in [0.25, 0.3) is 5.56 Å². The normalized spacial score (nSPS) is 16.8. The summed E-state index contributed by atoms with van der Waals surface area (Å²) < 4.78 is 19.8. The molecule has 1 atom stereocenters. The van der Waals surface area contributed by atoms with Crippen molar-refractivity contribution in [3.05, 3.63) is 61.6 Å². The second kappa shape index (κ2) is 4.79. The molecule has 0 aliphatic carbocycles. The van der Waals surface area contributed by atoms with Gasteiger partial charge in [-0.25, -0.2) is 4.79 Å². The Labute approximate surface area is 117 Å². The number of rotatable bonds is 2. The van der Waals surface area contributed by atoms with E-state index in [1.54, 1.807) is 0 Å². The van der Waals surface area contributed by atoms with E-state index in [9.17, 15) is 14.0 Å². The van der Waals surface area contributed by atoms with Crippen LogP contribution in [0.25, 0.3) is 0 Å². The number of ether oxygens (including phenoxy) is 1. The quantitative estimate of drug-likeness (QED) is 0.851. The van der Waals surface area contributed by atoms with Crippen molar-refractivity contribution >= 4 is 11.6 Å². The molecule has 1 aromatic heterocycles. The lowest BCUT2D eigenvalue weighted by Gasteiger charge is -2.12. The Morgan fingerprint density at radius 3 is 2.90 bits per heavy atom. The molecule has 7 heteroatoms. The summed E-state index contributed by atoms with van der Waals surface area (Å²) in [5.41, 5.74) is -0.796. The first kappa shape index (κ1) is 12.9. The molecule has 0 saturated heterocycles. The van der Waals surface area contributed by atoms with Gasteiger partial charge in [-0.1, -0.05) is 29.8 Å². The van der Waals surface area contributed by atoms with Crippen LogP contribution in [0, 0.1) is 5.82 Å². The average molecular weight is 297 g/mol. The Morgan fingerprint density at radius 2 is 2.15 bits per heavy atom. The molecule has 1 unspecified atom stereocenters. The number of aromatic nitrogens is 2. The number of nitrogens with one attached hydrogen (secondary N) is 1. The predicted molar refractivity (Wildman–Crippen MR) is 70.9 cm³/mol. The fourth-order valence-electron chi connectivity index (χ4n) is 2.25. The van der Waals surface area contributed by atoms with Crippen molar-refractivity contribution in [2.75, 3.05) is 0 Å². The first-order valence-corrected chi connectivity index (χ1v) is 6.36. The molecular weight excluding hydrogens is 287 g/mol. The number of hydrogen-bond donors (Lipinski definition) is 1. The molecule has 2 heterocycles. The van der Waals surface area contributed by atoms with Crippen molar-refractivity contribution < 1.29 is 9.13 Å². The van der Waals surface area contributed by atoms with Crippen molar-refractivity contribution in [2.24, 2.45) is 0 Å². The molecule has 0 spiro atoms. The molecule has 1 N–H and O–H groups in total. The number of halogens is 2. The monoisotopic (exact) mass is 296 g/mol. The van der Waals surface area contributed by atoms with Crippen molar-refractivity contribution in [1.29, 1.82) is 0 Å². The molecule has 20 heavy (non-hydrogen) atoms. The Hall–Kier alpha value is -2.08. The summed E-state index contributed by atoms with van der Waals surface area (Å²) in [5.74, 6) is -0.446. The van der Waals surface area contributed by atoms with E-state index in [1.165, 1.54) is 0 Å². The summed E-state index contributed by atoms with van der Waals surface area (Å²) in [6.45, 7) is -0.0308. The van der Waals surface area contributed by atoms with Crippen LogP contribution in [0.3, 0.4) is 0 Å². The molecule has 1 aliphatic rings. The third-order valence-electron chi connectivity index (χ3n) is 3.19. The van der Waals surface area contributed by atoms with Gasteiger partial charge < -0.3 is 4.74 Å². The Balaban J connectivity index is 1.90. The zero-order valence-corrected chi connectivity index (χ0v) is 11.0. The van der Waals surface area contributed by atoms with Gasteiger partial charge in [0.05, 0.1) is 6.54 Å². The highest BCUT2D eigenvalue weighted by molar-refractivity contribution is 6.29. The molecular formula is C13H10ClFN2O3. The van der Waals surface area contributed by atoms with E-state index in [-0.39, 0.29) is 12.6 Å². The summed E-state index contributed by atoms with van der Waals surface area (Å²) in [5, 5.41) is -0.577. The third kappa shape index (κ3) is 2.12. The van der Waals surface area contributed by atoms with Crippen molar-refractivity contribution in [1.82, 2.24) is 9.55 Å². The predicted octanol–water partition coefficient (Wildman–Crippen LogP) is 1.33. The van der Waals surface area contributed by atoms with E-state index in [2.05, 4.69) is 4.98 Å². The maximum absolute atomic E-state index is 13.4. The molecule has 1 aliphatic heterocycles. The number of fused-ring (bicyclic) bond motifs is 1. The molecule has 0 amide bonds. The topological polar surface area (TPSA) is 64.1 Å². The standard InChI is InChI=1S/C13H10ClFN2O3/c14-11-10(15)12(18)17(13(19)16-11)6-8-5-7-3-1-2-4-9(7)20-8/h1-4,8H,5-6H2,(H,16,19). The Morgan fingerprint density at radius 1 is 1.40 bits per heavy atom. The van der Waals surface area contributed by atoms with Gasteiger partial charge in [0.2, 0.25) is 5.82 Å². The van der Waals surface area contributed by atoms with Gasteiger partial charge in [0.1, 0.15) is 11.9 Å². The SMILES string of the molecule is O=c1[nH]c(Cl)c(F)c(=O)n1CC1Cc2ccccc2O1. The lowest BCUT2D eigenvalue weighted by Crippen LogP contribution is -2.41. The van der Waals surface area contributed by atoms with E-state index < -0.39 is 22.2 Å². The van der Waals surface area contributed by atoms with Crippen molar-refractivity contribution in [2.45, 2.75) is 19.1 Å². The van der Waals surface area contributed by atoms with Gasteiger partial charge in [-0.05, 0) is 11.6 Å². The number of hydrogen-bond acceptors (Lipinski definition) is 3. The van der Waals surface area contributed by atoms with E-state index in [0.717, 1.165) is 15.9 Å². The van der Waals surface area contributed by atoms with Crippen LogP contribution in [0.15, 0.2) is 33.9 Å².